The van der Waals surface area contributed by atoms with Crippen LogP contribution < -0.4 is 5.32 Å². The monoisotopic (exact) mass is 275 g/mol. The Bertz CT molecular complexity index is 422. The van der Waals surface area contributed by atoms with Crippen molar-refractivity contribution in [3.8, 4) is 0 Å². The van der Waals surface area contributed by atoms with Crippen LogP contribution in [0.1, 0.15) is 70.5 Å². The molecule has 20 heavy (non-hydrogen) atoms. The van der Waals surface area contributed by atoms with Gasteiger partial charge in [-0.2, -0.15) is 0 Å². The minimum atomic E-state index is 0.0110. The highest BCUT2D eigenvalue weighted by Gasteiger charge is 2.29. The van der Waals surface area contributed by atoms with Gasteiger partial charge in [0.15, 0.2) is 0 Å². The topological polar surface area (TPSA) is 21.3 Å². The molecule has 2 nitrogen and oxygen atoms in total. The predicted octanol–water partition coefficient (Wildman–Crippen LogP) is 4.42. The van der Waals surface area contributed by atoms with Gasteiger partial charge in [0.1, 0.15) is 0 Å². The van der Waals surface area contributed by atoms with Gasteiger partial charge < -0.3 is 10.1 Å². The molecule has 1 N–H and O–H groups in total. The molecule has 0 spiro atoms. The van der Waals surface area contributed by atoms with Crippen molar-refractivity contribution in [2.45, 2.75) is 71.1 Å². The number of hydrogen-bond acceptors (Lipinski definition) is 2. The molecule has 0 aliphatic carbocycles. The first-order valence-corrected chi connectivity index (χ1v) is 7.87. The van der Waals surface area contributed by atoms with E-state index in [0.29, 0.717) is 18.0 Å². The van der Waals surface area contributed by atoms with Gasteiger partial charge in [-0.25, -0.2) is 0 Å². The number of benzene rings is 1. The molecular formula is C18H29NO. The van der Waals surface area contributed by atoms with Crippen LogP contribution in [-0.4, -0.2) is 18.2 Å². The number of rotatable bonds is 4. The summed E-state index contributed by atoms with van der Waals surface area (Å²) in [6, 6.07) is 9.99. The van der Waals surface area contributed by atoms with E-state index in [0.717, 1.165) is 19.4 Å². The predicted molar refractivity (Wildman–Crippen MR) is 85.1 cm³/mol. The molecule has 2 atom stereocenters. The first kappa shape index (κ1) is 15.5. The Kier molecular flexibility index (Phi) is 4.87. The fourth-order valence-corrected chi connectivity index (χ4v) is 2.99. The highest BCUT2D eigenvalue weighted by Crippen LogP contribution is 2.26. The number of nitrogens with one attached hydrogen (secondary N) is 1. The Morgan fingerprint density at radius 2 is 1.70 bits per heavy atom. The van der Waals surface area contributed by atoms with Crippen LogP contribution in [0.15, 0.2) is 24.3 Å². The van der Waals surface area contributed by atoms with Crippen LogP contribution in [0.5, 0.6) is 0 Å². The van der Waals surface area contributed by atoms with Gasteiger partial charge in [-0.15, -0.1) is 0 Å². The van der Waals surface area contributed by atoms with Crippen LogP contribution in [0.25, 0.3) is 0 Å². The maximum absolute atomic E-state index is 5.78. The zero-order valence-electron chi connectivity index (χ0n) is 13.6. The summed E-state index contributed by atoms with van der Waals surface area (Å²) in [6.45, 7) is 12.0. The van der Waals surface area contributed by atoms with Crippen LogP contribution in [-0.2, 0) is 4.74 Å². The first-order valence-electron chi connectivity index (χ1n) is 7.87. The quantitative estimate of drug-likeness (QED) is 0.878. The van der Waals surface area contributed by atoms with E-state index in [1.54, 1.807) is 0 Å². The molecule has 1 saturated heterocycles. The van der Waals surface area contributed by atoms with Crippen molar-refractivity contribution in [2.24, 2.45) is 0 Å². The van der Waals surface area contributed by atoms with Crippen LogP contribution >= 0.6 is 0 Å². The summed E-state index contributed by atoms with van der Waals surface area (Å²) in [6.07, 6.45) is 2.19. The van der Waals surface area contributed by atoms with Gasteiger partial charge in [0.25, 0.3) is 0 Å². The molecule has 1 fully saturated rings. The van der Waals surface area contributed by atoms with E-state index in [9.17, 15) is 0 Å². The summed E-state index contributed by atoms with van der Waals surface area (Å²) in [7, 11) is 0. The van der Waals surface area contributed by atoms with Crippen molar-refractivity contribution in [3.63, 3.8) is 0 Å². The van der Waals surface area contributed by atoms with Crippen molar-refractivity contribution in [3.05, 3.63) is 35.4 Å². The third kappa shape index (κ3) is 4.07. The van der Waals surface area contributed by atoms with Crippen molar-refractivity contribution in [1.29, 1.82) is 0 Å². The van der Waals surface area contributed by atoms with Gasteiger partial charge in [-0.05, 0) is 50.7 Å². The summed E-state index contributed by atoms with van der Waals surface area (Å²) in [5.74, 6) is 0.601. The molecule has 0 amide bonds. The van der Waals surface area contributed by atoms with Gasteiger partial charge in [0.05, 0.1) is 5.60 Å². The number of ether oxygens (including phenoxy) is 1. The smallest absolute Gasteiger partial charge is 0.0641 e. The summed E-state index contributed by atoms with van der Waals surface area (Å²) in [5, 5.41) is 3.76. The molecule has 2 heteroatoms. The Labute approximate surface area is 123 Å². The van der Waals surface area contributed by atoms with E-state index in [1.807, 2.05) is 0 Å². The summed E-state index contributed by atoms with van der Waals surface area (Å²) in [4.78, 5) is 0. The molecule has 0 radical (unpaired) electrons. The van der Waals surface area contributed by atoms with Gasteiger partial charge in [0, 0.05) is 18.7 Å². The van der Waals surface area contributed by atoms with Crippen molar-refractivity contribution >= 4 is 0 Å². The van der Waals surface area contributed by atoms with E-state index < -0.39 is 0 Å². The lowest BCUT2D eigenvalue weighted by molar-refractivity contribution is -0.0639. The lowest BCUT2D eigenvalue weighted by Crippen LogP contribution is -2.44. The molecule has 1 aliphatic heterocycles. The second-order valence-corrected chi connectivity index (χ2v) is 7.01. The molecule has 1 aliphatic rings. The first-order chi connectivity index (χ1) is 9.37. The Hall–Kier alpha value is -0.860. The normalized spacial score (nSPS) is 23.8. The van der Waals surface area contributed by atoms with E-state index in [2.05, 4.69) is 64.2 Å². The molecule has 0 bridgehead atoms. The molecule has 2 unspecified atom stereocenters. The average Bonchev–Trinajstić information content (AvgIpc) is 2.37. The largest absolute Gasteiger partial charge is 0.375 e. The third-order valence-electron chi connectivity index (χ3n) is 4.29. The van der Waals surface area contributed by atoms with Gasteiger partial charge in [0.2, 0.25) is 0 Å². The van der Waals surface area contributed by atoms with Gasteiger partial charge in [-0.1, -0.05) is 38.1 Å². The van der Waals surface area contributed by atoms with Crippen LogP contribution in [0.4, 0.5) is 0 Å². The molecule has 1 aromatic rings. The molecule has 1 aromatic carbocycles. The average molecular weight is 275 g/mol. The van der Waals surface area contributed by atoms with Crippen LogP contribution in [0.2, 0.25) is 0 Å². The molecule has 0 saturated carbocycles. The fourth-order valence-electron chi connectivity index (χ4n) is 2.99. The minimum absolute atomic E-state index is 0.0110. The maximum Gasteiger partial charge on any atom is 0.0641 e. The van der Waals surface area contributed by atoms with E-state index >= 15 is 0 Å². The van der Waals surface area contributed by atoms with Crippen molar-refractivity contribution in [2.75, 3.05) is 6.61 Å². The summed E-state index contributed by atoms with van der Waals surface area (Å²) >= 11 is 0. The Morgan fingerprint density at radius 1 is 1.10 bits per heavy atom. The highest BCUT2D eigenvalue weighted by molar-refractivity contribution is 5.26. The lowest BCUT2D eigenvalue weighted by Gasteiger charge is -2.37. The van der Waals surface area contributed by atoms with Crippen LogP contribution in [0.3, 0.4) is 0 Å². The Morgan fingerprint density at radius 3 is 2.25 bits per heavy atom. The second-order valence-electron chi connectivity index (χ2n) is 7.01. The van der Waals surface area contributed by atoms with Crippen LogP contribution in [0, 0.1) is 0 Å². The Balaban J connectivity index is 1.95. The van der Waals surface area contributed by atoms with E-state index in [-0.39, 0.29) is 5.60 Å². The zero-order valence-corrected chi connectivity index (χ0v) is 13.6. The number of hydrogen-bond donors (Lipinski definition) is 1. The molecular weight excluding hydrogens is 246 g/mol. The minimum Gasteiger partial charge on any atom is -0.375 e. The fraction of sp³-hybridized carbons (Fsp3) is 0.667. The lowest BCUT2D eigenvalue weighted by atomic mass is 9.92. The summed E-state index contributed by atoms with van der Waals surface area (Å²) in [5.41, 5.74) is 2.80. The second kappa shape index (κ2) is 6.28. The van der Waals surface area contributed by atoms with Crippen molar-refractivity contribution < 1.29 is 4.74 Å². The molecule has 0 aromatic heterocycles. The molecule has 1 heterocycles. The van der Waals surface area contributed by atoms with Crippen molar-refractivity contribution in [1.82, 2.24) is 5.32 Å². The van der Waals surface area contributed by atoms with E-state index in [1.165, 1.54) is 11.1 Å². The highest BCUT2D eigenvalue weighted by atomic mass is 16.5. The summed E-state index contributed by atoms with van der Waals surface area (Å²) < 4.78 is 5.78. The third-order valence-corrected chi connectivity index (χ3v) is 4.29. The SMILES string of the molecule is CC(C)c1ccc(C(C)NC2CCOC(C)(C)C2)cc1. The molecule has 2 rings (SSSR count). The standard InChI is InChI=1S/C18H29NO/c1-13(2)15-6-8-16(9-7-15)14(3)19-17-10-11-20-18(4,5)12-17/h6-9,13-14,17,19H,10-12H2,1-5H3. The zero-order chi connectivity index (χ0) is 14.8. The molecule has 112 valence electrons. The van der Waals surface area contributed by atoms with E-state index in [4.69, 9.17) is 4.74 Å². The maximum atomic E-state index is 5.78. The van der Waals surface area contributed by atoms with Gasteiger partial charge >= 0.3 is 0 Å². The van der Waals surface area contributed by atoms with Gasteiger partial charge in [-0.3, -0.25) is 0 Å².